The van der Waals surface area contributed by atoms with E-state index in [9.17, 15) is 22.7 Å². The van der Waals surface area contributed by atoms with E-state index in [1.807, 2.05) is 30.3 Å². The molecule has 216 valence electrons. The van der Waals surface area contributed by atoms with Crippen molar-refractivity contribution < 1.29 is 27.4 Å². The van der Waals surface area contributed by atoms with Gasteiger partial charge in [0.1, 0.15) is 15.7 Å². The summed E-state index contributed by atoms with van der Waals surface area (Å²) in [6.07, 6.45) is 3.84. The molecular weight excluding hydrogens is 577 g/mol. The average molecular weight is 606 g/mol. The summed E-state index contributed by atoms with van der Waals surface area (Å²) in [5.41, 5.74) is 4.92. The summed E-state index contributed by atoms with van der Waals surface area (Å²) in [5, 5.41) is 16.8. The van der Waals surface area contributed by atoms with Crippen molar-refractivity contribution in [1.82, 2.24) is 9.55 Å². The first kappa shape index (κ1) is 28.3. The van der Waals surface area contributed by atoms with Crippen LogP contribution in [0.25, 0.3) is 21.8 Å². The van der Waals surface area contributed by atoms with Gasteiger partial charge in [0.2, 0.25) is 10.0 Å². The van der Waals surface area contributed by atoms with Crippen molar-refractivity contribution in [1.29, 1.82) is 0 Å². The van der Waals surface area contributed by atoms with Crippen LogP contribution in [0, 0.1) is 29.5 Å². The third kappa shape index (κ3) is 6.17. The molecule has 0 radical (unpaired) electrons. The Bertz CT molecular complexity index is 1840. The number of hydrogen-bond donors (Lipinski definition) is 2. The number of carboxylic acid groups (broad SMARTS) is 1. The molecule has 3 heterocycles. The molecule has 2 aliphatic rings. The number of ether oxygens (including phenoxy) is 1. The summed E-state index contributed by atoms with van der Waals surface area (Å²) in [4.78, 5) is 15.5. The van der Waals surface area contributed by atoms with Gasteiger partial charge in [-0.3, -0.25) is 0 Å². The second kappa shape index (κ2) is 11.5. The minimum atomic E-state index is -4.20. The molecular formula is C31H28FN3O5S2. The largest absolute Gasteiger partial charge is 0.476 e. The molecule has 1 saturated carbocycles. The molecule has 3 N–H and O–H groups in total. The Morgan fingerprint density at radius 1 is 1.19 bits per heavy atom. The lowest BCUT2D eigenvalue weighted by molar-refractivity contribution is 0.0691. The Morgan fingerprint density at radius 3 is 2.69 bits per heavy atom. The molecule has 0 bridgehead atoms. The van der Waals surface area contributed by atoms with Gasteiger partial charge in [-0.1, -0.05) is 30.0 Å². The number of nitrogens with two attached hydrogens (primary N) is 1. The van der Waals surface area contributed by atoms with Gasteiger partial charge in [-0.15, -0.1) is 11.3 Å². The molecule has 2 fully saturated rings. The number of rotatable bonds is 8. The van der Waals surface area contributed by atoms with Crippen LogP contribution in [0.3, 0.4) is 0 Å². The van der Waals surface area contributed by atoms with Crippen LogP contribution in [0.1, 0.15) is 46.6 Å². The van der Waals surface area contributed by atoms with E-state index in [1.54, 1.807) is 6.07 Å². The minimum Gasteiger partial charge on any atom is -0.476 e. The van der Waals surface area contributed by atoms with E-state index < -0.39 is 26.7 Å². The van der Waals surface area contributed by atoms with Crippen LogP contribution < -0.4 is 5.14 Å². The quantitative estimate of drug-likeness (QED) is 0.268. The predicted molar refractivity (Wildman–Crippen MR) is 157 cm³/mol. The lowest BCUT2D eigenvalue weighted by Gasteiger charge is -2.16. The number of aromatic nitrogens is 2. The lowest BCUT2D eigenvalue weighted by atomic mass is 10.1. The zero-order valence-electron chi connectivity index (χ0n) is 22.5. The molecule has 0 spiro atoms. The van der Waals surface area contributed by atoms with Crippen LogP contribution in [-0.4, -0.2) is 42.3 Å². The molecule has 11 heteroatoms. The predicted octanol–water partition coefficient (Wildman–Crippen LogP) is 5.15. The molecule has 0 amide bonds. The summed E-state index contributed by atoms with van der Waals surface area (Å²) < 4.78 is 46.0. The fraction of sp³-hybridized carbons (Fsp3) is 0.290. The Morgan fingerprint density at radius 2 is 2.02 bits per heavy atom. The number of halogens is 1. The van der Waals surface area contributed by atoms with Crippen molar-refractivity contribution >= 4 is 27.3 Å². The van der Waals surface area contributed by atoms with E-state index >= 15 is 0 Å². The van der Waals surface area contributed by atoms with E-state index in [0.29, 0.717) is 23.1 Å². The normalized spacial score (nSPS) is 16.8. The molecule has 42 heavy (non-hydrogen) atoms. The summed E-state index contributed by atoms with van der Waals surface area (Å²) in [5.74, 6) is 5.26. The molecule has 2 aromatic heterocycles. The number of benzene rings is 2. The maximum Gasteiger partial charge on any atom is 0.355 e. The zero-order valence-corrected chi connectivity index (χ0v) is 24.2. The van der Waals surface area contributed by atoms with Gasteiger partial charge in [-0.05, 0) is 73.1 Å². The fourth-order valence-electron chi connectivity index (χ4n) is 5.15. The number of sulfonamides is 1. The summed E-state index contributed by atoms with van der Waals surface area (Å²) in [6.45, 7) is 1.61. The van der Waals surface area contributed by atoms with Crippen LogP contribution in [0.4, 0.5) is 4.39 Å². The molecule has 8 nitrogen and oxygen atoms in total. The van der Waals surface area contributed by atoms with Crippen molar-refractivity contribution in [2.45, 2.75) is 37.1 Å². The van der Waals surface area contributed by atoms with Gasteiger partial charge >= 0.3 is 5.97 Å². The number of thiazole rings is 1. The summed E-state index contributed by atoms with van der Waals surface area (Å²) >= 11 is 1.27. The second-order valence-corrected chi connectivity index (χ2v) is 13.1. The van der Waals surface area contributed by atoms with Gasteiger partial charge in [-0.2, -0.15) is 0 Å². The number of carboxylic acids is 1. The summed E-state index contributed by atoms with van der Waals surface area (Å²) in [7, 11) is -4.20. The molecule has 1 aliphatic heterocycles. The van der Waals surface area contributed by atoms with Crippen LogP contribution in [0.5, 0.6) is 0 Å². The van der Waals surface area contributed by atoms with Crippen LogP contribution in [-0.2, 0) is 27.7 Å². The van der Waals surface area contributed by atoms with Gasteiger partial charge in [-0.25, -0.2) is 27.7 Å². The second-order valence-electron chi connectivity index (χ2n) is 10.7. The van der Waals surface area contributed by atoms with Gasteiger partial charge < -0.3 is 14.4 Å². The van der Waals surface area contributed by atoms with Crippen molar-refractivity contribution in [3.05, 3.63) is 82.2 Å². The zero-order chi connectivity index (χ0) is 29.4. The van der Waals surface area contributed by atoms with Crippen LogP contribution in [0.2, 0.25) is 0 Å². The minimum absolute atomic E-state index is 0.0181. The first-order valence-corrected chi connectivity index (χ1v) is 16.0. The van der Waals surface area contributed by atoms with Gasteiger partial charge in [0.25, 0.3) is 0 Å². The highest BCUT2D eigenvalue weighted by atomic mass is 32.2. The smallest absolute Gasteiger partial charge is 0.355 e. The van der Waals surface area contributed by atoms with Gasteiger partial charge in [0.05, 0.1) is 6.61 Å². The maximum absolute atomic E-state index is 14.9. The fourth-order valence-corrected chi connectivity index (χ4v) is 6.57. The molecule has 6 rings (SSSR count). The monoisotopic (exact) mass is 605 g/mol. The summed E-state index contributed by atoms with van der Waals surface area (Å²) in [6, 6.07) is 13.8. The first-order valence-electron chi connectivity index (χ1n) is 13.6. The maximum atomic E-state index is 14.9. The SMILES string of the molecule is NS(=O)(=O)c1ccc(Cn2c(-c3cccc(C#CC4CCOC4)c3)cc(-c3nc(C(=O)O)cs3)c2CC2CC2)cc1F. The average Bonchev–Trinajstić information content (AvgIpc) is 3.30. The molecule has 2 aromatic carbocycles. The van der Waals surface area contributed by atoms with E-state index in [-0.39, 0.29) is 18.2 Å². The third-order valence-corrected chi connectivity index (χ3v) is 9.31. The van der Waals surface area contributed by atoms with E-state index in [1.165, 1.54) is 28.8 Å². The molecule has 1 saturated heterocycles. The first-order chi connectivity index (χ1) is 20.2. The molecule has 1 unspecified atom stereocenters. The molecule has 1 aliphatic carbocycles. The van der Waals surface area contributed by atoms with Crippen molar-refractivity contribution in [3.8, 4) is 33.7 Å². The van der Waals surface area contributed by atoms with Crippen molar-refractivity contribution in [2.24, 2.45) is 17.0 Å². The highest BCUT2D eigenvalue weighted by molar-refractivity contribution is 7.89. The molecule has 4 aromatic rings. The van der Waals surface area contributed by atoms with Gasteiger partial charge in [0, 0.05) is 47.0 Å². The van der Waals surface area contributed by atoms with E-state index in [2.05, 4.69) is 21.4 Å². The Labute approximate surface area is 247 Å². The highest BCUT2D eigenvalue weighted by Gasteiger charge is 2.28. The topological polar surface area (TPSA) is 125 Å². The van der Waals surface area contributed by atoms with Crippen molar-refractivity contribution in [2.75, 3.05) is 13.2 Å². The van der Waals surface area contributed by atoms with Crippen LogP contribution in [0.15, 0.2) is 58.8 Å². The lowest BCUT2D eigenvalue weighted by Crippen LogP contribution is -2.14. The number of carbonyl (C=O) groups is 1. The Balaban J connectivity index is 1.48. The number of hydrogen-bond acceptors (Lipinski definition) is 6. The number of primary sulfonamides is 1. The van der Waals surface area contributed by atoms with Crippen LogP contribution >= 0.6 is 11.3 Å². The van der Waals surface area contributed by atoms with Crippen molar-refractivity contribution in [3.63, 3.8) is 0 Å². The van der Waals surface area contributed by atoms with E-state index in [4.69, 9.17) is 9.88 Å². The van der Waals surface area contributed by atoms with E-state index in [0.717, 1.165) is 60.4 Å². The number of nitrogens with zero attached hydrogens (tertiary/aromatic N) is 2. The molecule has 1 atom stereocenters. The Hall–Kier alpha value is -3.82. The third-order valence-electron chi connectivity index (χ3n) is 7.49. The van der Waals surface area contributed by atoms with Gasteiger partial charge in [0.15, 0.2) is 5.69 Å². The highest BCUT2D eigenvalue weighted by Crippen LogP contribution is 2.41. The standard InChI is InChI=1S/C31H28FN3O5S2/c32-25-13-22(8-9-29(25)42(33,38)39)16-35-27(23-3-1-2-19(12-23)6-7-21-10-11-40-17-21)15-24(28(35)14-20-4-5-20)30-34-26(18-41-30)31(36)37/h1-3,8-9,12-13,15,18,20-21H,4-5,10-11,14,16-17H2,(H,36,37)(H2,33,38,39). The number of aromatic carboxylic acids is 1. The Kier molecular flexibility index (Phi) is 7.72.